The van der Waals surface area contributed by atoms with Crippen LogP contribution in [0.5, 0.6) is 0 Å². The summed E-state index contributed by atoms with van der Waals surface area (Å²) in [5.41, 5.74) is 1.94. The van der Waals surface area contributed by atoms with E-state index >= 15 is 0 Å². The van der Waals surface area contributed by atoms with Gasteiger partial charge in [0.1, 0.15) is 0 Å². The van der Waals surface area contributed by atoms with Crippen molar-refractivity contribution in [2.24, 2.45) is 0 Å². The number of aromatic nitrogens is 1. The van der Waals surface area contributed by atoms with Gasteiger partial charge in [-0.2, -0.15) is 5.26 Å². The first-order valence-corrected chi connectivity index (χ1v) is 3.31. The fourth-order valence-electron chi connectivity index (χ4n) is 0.776. The zero-order chi connectivity index (χ0) is 8.10. The summed E-state index contributed by atoms with van der Waals surface area (Å²) in [5, 5.41) is 8.35. The van der Waals surface area contributed by atoms with Crippen molar-refractivity contribution in [3.05, 3.63) is 36.2 Å². The van der Waals surface area contributed by atoms with E-state index in [1.54, 1.807) is 12.4 Å². The molecule has 0 amide bonds. The van der Waals surface area contributed by atoms with Crippen LogP contribution in [0, 0.1) is 11.3 Å². The van der Waals surface area contributed by atoms with E-state index < -0.39 is 0 Å². The molecule has 0 aromatic carbocycles. The van der Waals surface area contributed by atoms with Crippen molar-refractivity contribution in [2.75, 3.05) is 0 Å². The highest BCUT2D eigenvalue weighted by Crippen LogP contribution is 2.09. The number of rotatable bonds is 1. The molecule has 11 heavy (non-hydrogen) atoms. The Morgan fingerprint density at radius 2 is 2.55 bits per heavy atom. The van der Waals surface area contributed by atoms with Crippen molar-refractivity contribution >= 4 is 5.57 Å². The number of nitrogens with zero attached hydrogens (tertiary/aromatic N) is 2. The van der Waals surface area contributed by atoms with Gasteiger partial charge in [-0.3, -0.25) is 4.98 Å². The maximum atomic E-state index is 8.35. The van der Waals surface area contributed by atoms with E-state index in [4.69, 9.17) is 5.26 Å². The molecule has 0 bridgehead atoms. The summed E-state index contributed by atoms with van der Waals surface area (Å²) in [7, 11) is 0. The first-order valence-electron chi connectivity index (χ1n) is 3.31. The topological polar surface area (TPSA) is 36.7 Å². The predicted molar refractivity (Wildman–Crippen MR) is 43.5 cm³/mol. The molecule has 2 nitrogen and oxygen atoms in total. The second-order valence-corrected chi connectivity index (χ2v) is 2.20. The molecule has 0 aliphatic heterocycles. The van der Waals surface area contributed by atoms with Gasteiger partial charge in [0.05, 0.1) is 6.07 Å². The summed E-state index contributed by atoms with van der Waals surface area (Å²) in [6.07, 6.45) is 4.96. The van der Waals surface area contributed by atoms with E-state index in [2.05, 4.69) is 4.98 Å². The normalized spacial score (nSPS) is 10.7. The Morgan fingerprint density at radius 1 is 1.73 bits per heavy atom. The lowest BCUT2D eigenvalue weighted by atomic mass is 10.1. The first kappa shape index (κ1) is 7.49. The van der Waals surface area contributed by atoms with Crippen molar-refractivity contribution in [1.29, 1.82) is 5.26 Å². The zero-order valence-corrected chi connectivity index (χ0v) is 6.28. The van der Waals surface area contributed by atoms with Crippen LogP contribution in [-0.4, -0.2) is 4.98 Å². The van der Waals surface area contributed by atoms with Crippen molar-refractivity contribution in [3.8, 4) is 6.07 Å². The standard InChI is InChI=1S/C9H8N2/c1-8(4-5-10)9-3-2-6-11-7-9/h2-4,6-7H,1H3/b8-4+. The van der Waals surface area contributed by atoms with E-state index in [0.29, 0.717) is 0 Å². The van der Waals surface area contributed by atoms with E-state index in [0.717, 1.165) is 11.1 Å². The van der Waals surface area contributed by atoms with Crippen LogP contribution in [0.4, 0.5) is 0 Å². The molecule has 0 saturated carbocycles. The maximum absolute atomic E-state index is 8.35. The van der Waals surface area contributed by atoms with Crippen LogP contribution in [0.3, 0.4) is 0 Å². The van der Waals surface area contributed by atoms with Gasteiger partial charge in [0.25, 0.3) is 0 Å². The summed E-state index contributed by atoms with van der Waals surface area (Å²) in [6.45, 7) is 1.89. The summed E-state index contributed by atoms with van der Waals surface area (Å²) in [6, 6.07) is 5.75. The molecule has 1 heterocycles. The molecule has 0 N–H and O–H groups in total. The van der Waals surface area contributed by atoms with Crippen LogP contribution < -0.4 is 0 Å². The number of allylic oxidation sites excluding steroid dienone is 2. The molecule has 0 saturated heterocycles. The highest BCUT2D eigenvalue weighted by Gasteiger charge is 1.91. The number of hydrogen-bond donors (Lipinski definition) is 0. The molecule has 0 atom stereocenters. The third-order valence-corrected chi connectivity index (χ3v) is 1.40. The van der Waals surface area contributed by atoms with Gasteiger partial charge in [0.15, 0.2) is 0 Å². The molecule has 0 aliphatic rings. The van der Waals surface area contributed by atoms with E-state index in [1.807, 2.05) is 25.1 Å². The quantitative estimate of drug-likeness (QED) is 0.565. The molecule has 0 radical (unpaired) electrons. The number of hydrogen-bond acceptors (Lipinski definition) is 2. The van der Waals surface area contributed by atoms with E-state index in [9.17, 15) is 0 Å². The van der Waals surface area contributed by atoms with Crippen LogP contribution in [0.15, 0.2) is 30.6 Å². The number of nitriles is 1. The molecule has 1 aromatic heterocycles. The lowest BCUT2D eigenvalue weighted by Gasteiger charge is -1.95. The van der Waals surface area contributed by atoms with Gasteiger partial charge >= 0.3 is 0 Å². The third kappa shape index (κ3) is 1.91. The summed E-state index contributed by atoms with van der Waals surface area (Å²) < 4.78 is 0. The first-order chi connectivity index (χ1) is 5.34. The highest BCUT2D eigenvalue weighted by molar-refractivity contribution is 5.64. The van der Waals surface area contributed by atoms with Gasteiger partial charge in [0.2, 0.25) is 0 Å². The molecule has 1 rings (SSSR count). The maximum Gasteiger partial charge on any atom is 0.0915 e. The molecule has 2 heteroatoms. The minimum atomic E-state index is 0.945. The van der Waals surface area contributed by atoms with E-state index in [-0.39, 0.29) is 0 Å². The summed E-state index contributed by atoms with van der Waals surface area (Å²) in [4.78, 5) is 3.94. The minimum Gasteiger partial charge on any atom is -0.264 e. The average molecular weight is 144 g/mol. The van der Waals surface area contributed by atoms with Gasteiger partial charge in [-0.25, -0.2) is 0 Å². The highest BCUT2D eigenvalue weighted by atomic mass is 14.6. The second kappa shape index (κ2) is 3.52. The van der Waals surface area contributed by atoms with Gasteiger partial charge in [-0.1, -0.05) is 6.07 Å². The molecular weight excluding hydrogens is 136 g/mol. The summed E-state index contributed by atoms with van der Waals surface area (Å²) >= 11 is 0. The molecule has 54 valence electrons. The third-order valence-electron chi connectivity index (χ3n) is 1.40. The van der Waals surface area contributed by atoms with Crippen LogP contribution in [0.2, 0.25) is 0 Å². The van der Waals surface area contributed by atoms with Gasteiger partial charge in [-0.05, 0) is 24.1 Å². The fraction of sp³-hybridized carbons (Fsp3) is 0.111. The monoisotopic (exact) mass is 144 g/mol. The zero-order valence-electron chi connectivity index (χ0n) is 6.28. The Labute approximate surface area is 65.8 Å². The van der Waals surface area contributed by atoms with Crippen LogP contribution >= 0.6 is 0 Å². The Bertz CT molecular complexity index is 293. The predicted octanol–water partition coefficient (Wildman–Crippen LogP) is 2.01. The van der Waals surface area contributed by atoms with Crippen molar-refractivity contribution < 1.29 is 0 Å². The second-order valence-electron chi connectivity index (χ2n) is 2.20. The molecule has 0 fully saturated rings. The Kier molecular flexibility index (Phi) is 2.40. The van der Waals surface area contributed by atoms with Gasteiger partial charge in [0, 0.05) is 18.5 Å². The van der Waals surface area contributed by atoms with Crippen LogP contribution in [0.25, 0.3) is 5.57 Å². The van der Waals surface area contributed by atoms with Gasteiger partial charge < -0.3 is 0 Å². The summed E-state index contributed by atoms with van der Waals surface area (Å²) in [5.74, 6) is 0. The lowest BCUT2D eigenvalue weighted by molar-refractivity contribution is 1.30. The molecule has 0 spiro atoms. The smallest absolute Gasteiger partial charge is 0.0915 e. The van der Waals surface area contributed by atoms with Crippen molar-refractivity contribution in [1.82, 2.24) is 4.98 Å². The van der Waals surface area contributed by atoms with Crippen LogP contribution in [-0.2, 0) is 0 Å². The van der Waals surface area contributed by atoms with Crippen LogP contribution in [0.1, 0.15) is 12.5 Å². The Morgan fingerprint density at radius 3 is 3.09 bits per heavy atom. The van der Waals surface area contributed by atoms with Crippen molar-refractivity contribution in [3.63, 3.8) is 0 Å². The Balaban J connectivity index is 2.96. The Hall–Kier alpha value is -1.62. The average Bonchev–Trinajstić information content (AvgIpc) is 2.07. The van der Waals surface area contributed by atoms with Gasteiger partial charge in [-0.15, -0.1) is 0 Å². The van der Waals surface area contributed by atoms with Crippen molar-refractivity contribution in [2.45, 2.75) is 6.92 Å². The molecule has 0 aliphatic carbocycles. The molecular formula is C9H8N2. The molecule has 0 unspecified atom stereocenters. The molecule has 1 aromatic rings. The fourth-order valence-corrected chi connectivity index (χ4v) is 0.776. The SMILES string of the molecule is C/C(=C\C#N)c1cccnc1. The number of pyridine rings is 1. The van der Waals surface area contributed by atoms with E-state index in [1.165, 1.54) is 6.08 Å². The lowest BCUT2D eigenvalue weighted by Crippen LogP contribution is -1.79. The largest absolute Gasteiger partial charge is 0.264 e. The minimum absolute atomic E-state index is 0.945.